The second-order valence-corrected chi connectivity index (χ2v) is 9.43. The van der Waals surface area contributed by atoms with Crippen molar-refractivity contribution in [2.75, 3.05) is 19.6 Å². The molecule has 1 amide bonds. The van der Waals surface area contributed by atoms with E-state index < -0.39 is 10.0 Å². The Labute approximate surface area is 156 Å². The van der Waals surface area contributed by atoms with Crippen LogP contribution in [-0.2, 0) is 10.0 Å². The third kappa shape index (κ3) is 4.10. The molecule has 1 aromatic carbocycles. The average molecular weight is 380 g/mol. The molecule has 3 rings (SSSR count). The van der Waals surface area contributed by atoms with Crippen molar-refractivity contribution in [2.45, 2.75) is 56.5 Å². The van der Waals surface area contributed by atoms with Crippen LogP contribution >= 0.6 is 0 Å². The van der Waals surface area contributed by atoms with E-state index in [-0.39, 0.29) is 22.9 Å². The molecule has 0 aromatic heterocycles. The SMILES string of the molecule is CC1CCNCC1NC(=O)c1ccc(S(=O)(=O)N2CCCCC2C)cc1. The standard InChI is InChI=1S/C19H29N3O3S/c1-14-10-11-20-13-18(14)21-19(23)16-6-8-17(9-7-16)26(24,25)22-12-4-3-5-15(22)2/h6-9,14-15,18,20H,3-5,10-13H2,1-2H3,(H,21,23). The Morgan fingerprint density at radius 3 is 2.54 bits per heavy atom. The van der Waals surface area contributed by atoms with Gasteiger partial charge in [0.1, 0.15) is 0 Å². The molecule has 0 radical (unpaired) electrons. The number of nitrogens with one attached hydrogen (secondary N) is 2. The fourth-order valence-corrected chi connectivity index (χ4v) is 5.48. The molecule has 1 aromatic rings. The summed E-state index contributed by atoms with van der Waals surface area (Å²) in [7, 11) is -3.50. The van der Waals surface area contributed by atoms with Crippen LogP contribution in [0.4, 0.5) is 0 Å². The molecule has 144 valence electrons. The third-order valence-corrected chi connectivity index (χ3v) is 7.64. The maximum atomic E-state index is 12.9. The molecule has 2 aliphatic rings. The lowest BCUT2D eigenvalue weighted by atomic mass is 9.94. The molecule has 26 heavy (non-hydrogen) atoms. The Balaban J connectivity index is 1.70. The minimum absolute atomic E-state index is 0.0250. The van der Waals surface area contributed by atoms with Crippen LogP contribution in [0.25, 0.3) is 0 Å². The van der Waals surface area contributed by atoms with E-state index in [9.17, 15) is 13.2 Å². The highest BCUT2D eigenvalue weighted by molar-refractivity contribution is 7.89. The van der Waals surface area contributed by atoms with Gasteiger partial charge in [-0.15, -0.1) is 0 Å². The zero-order chi connectivity index (χ0) is 18.7. The number of hydrogen-bond donors (Lipinski definition) is 2. The monoisotopic (exact) mass is 379 g/mol. The van der Waals surface area contributed by atoms with Crippen LogP contribution < -0.4 is 10.6 Å². The van der Waals surface area contributed by atoms with Crippen molar-refractivity contribution in [3.8, 4) is 0 Å². The second-order valence-electron chi connectivity index (χ2n) is 7.53. The van der Waals surface area contributed by atoms with E-state index in [0.29, 0.717) is 18.0 Å². The molecule has 6 nitrogen and oxygen atoms in total. The van der Waals surface area contributed by atoms with Gasteiger partial charge in [0.05, 0.1) is 4.90 Å². The van der Waals surface area contributed by atoms with Crippen LogP contribution in [0.1, 0.15) is 49.9 Å². The third-order valence-electron chi connectivity index (χ3n) is 5.61. The highest BCUT2D eigenvalue weighted by atomic mass is 32.2. The molecule has 2 aliphatic heterocycles. The summed E-state index contributed by atoms with van der Waals surface area (Å²) in [5.74, 6) is 0.279. The zero-order valence-electron chi connectivity index (χ0n) is 15.6. The number of amides is 1. The van der Waals surface area contributed by atoms with Gasteiger partial charge < -0.3 is 10.6 Å². The molecule has 0 aliphatic carbocycles. The van der Waals surface area contributed by atoms with Crippen LogP contribution in [-0.4, -0.2) is 50.3 Å². The van der Waals surface area contributed by atoms with E-state index in [0.717, 1.165) is 38.8 Å². The summed E-state index contributed by atoms with van der Waals surface area (Å²) >= 11 is 0. The van der Waals surface area contributed by atoms with Crippen LogP contribution in [0.5, 0.6) is 0 Å². The van der Waals surface area contributed by atoms with E-state index in [4.69, 9.17) is 0 Å². The van der Waals surface area contributed by atoms with Crippen molar-refractivity contribution >= 4 is 15.9 Å². The minimum Gasteiger partial charge on any atom is -0.348 e. The minimum atomic E-state index is -3.50. The van der Waals surface area contributed by atoms with Gasteiger partial charge in [-0.3, -0.25) is 4.79 Å². The quantitative estimate of drug-likeness (QED) is 0.838. The number of carbonyl (C=O) groups excluding carboxylic acids is 1. The number of nitrogens with zero attached hydrogens (tertiary/aromatic N) is 1. The van der Waals surface area contributed by atoms with Crippen molar-refractivity contribution in [3.63, 3.8) is 0 Å². The number of hydrogen-bond acceptors (Lipinski definition) is 4. The number of carbonyl (C=O) groups is 1. The molecular formula is C19H29N3O3S. The first kappa shape index (κ1) is 19.3. The lowest BCUT2D eigenvalue weighted by Gasteiger charge is -2.32. The predicted octanol–water partition coefficient (Wildman–Crippen LogP) is 1.98. The van der Waals surface area contributed by atoms with Crippen LogP contribution in [0.15, 0.2) is 29.2 Å². The first-order valence-corrected chi connectivity index (χ1v) is 11.0. The Kier molecular flexibility index (Phi) is 5.99. The first-order valence-electron chi connectivity index (χ1n) is 9.53. The maximum absolute atomic E-state index is 12.9. The number of benzene rings is 1. The Morgan fingerprint density at radius 1 is 1.15 bits per heavy atom. The van der Waals surface area contributed by atoms with Gasteiger partial charge in [0.2, 0.25) is 10.0 Å². The fourth-order valence-electron chi connectivity index (χ4n) is 3.78. The Morgan fingerprint density at radius 2 is 1.88 bits per heavy atom. The van der Waals surface area contributed by atoms with Crippen molar-refractivity contribution in [1.82, 2.24) is 14.9 Å². The molecule has 2 heterocycles. The normalized spacial score (nSPS) is 27.8. The molecule has 2 saturated heterocycles. The van der Waals surface area contributed by atoms with Crippen LogP contribution in [0, 0.1) is 5.92 Å². The Hall–Kier alpha value is -1.44. The molecule has 0 saturated carbocycles. The van der Waals surface area contributed by atoms with Gasteiger partial charge in [0, 0.05) is 30.7 Å². The number of piperidine rings is 2. The Bertz CT molecular complexity index is 733. The van der Waals surface area contributed by atoms with Crippen LogP contribution in [0.3, 0.4) is 0 Å². The summed E-state index contributed by atoms with van der Waals surface area (Å²) in [5.41, 5.74) is 0.494. The molecular weight excluding hydrogens is 350 g/mol. The first-order chi connectivity index (χ1) is 12.4. The zero-order valence-corrected chi connectivity index (χ0v) is 16.4. The van der Waals surface area contributed by atoms with Crippen molar-refractivity contribution in [1.29, 1.82) is 0 Å². The predicted molar refractivity (Wildman–Crippen MR) is 102 cm³/mol. The molecule has 3 unspecified atom stereocenters. The number of rotatable bonds is 4. The number of sulfonamides is 1. The van der Waals surface area contributed by atoms with E-state index in [1.807, 2.05) is 6.92 Å². The maximum Gasteiger partial charge on any atom is 0.251 e. The van der Waals surface area contributed by atoms with Crippen LogP contribution in [0.2, 0.25) is 0 Å². The van der Waals surface area contributed by atoms with Crippen molar-refractivity contribution < 1.29 is 13.2 Å². The summed E-state index contributed by atoms with van der Waals surface area (Å²) in [6.45, 7) is 6.42. The topological polar surface area (TPSA) is 78.5 Å². The lowest BCUT2D eigenvalue weighted by Crippen LogP contribution is -2.50. The molecule has 0 spiro atoms. The fraction of sp³-hybridized carbons (Fsp3) is 0.632. The van der Waals surface area contributed by atoms with E-state index in [1.54, 1.807) is 28.6 Å². The van der Waals surface area contributed by atoms with Gasteiger partial charge in [-0.05, 0) is 62.9 Å². The average Bonchev–Trinajstić information content (AvgIpc) is 2.64. The largest absolute Gasteiger partial charge is 0.348 e. The van der Waals surface area contributed by atoms with Crippen molar-refractivity contribution in [2.24, 2.45) is 5.92 Å². The summed E-state index contributed by atoms with van der Waals surface area (Å²) in [4.78, 5) is 12.7. The molecule has 0 bridgehead atoms. The van der Waals surface area contributed by atoms with E-state index in [2.05, 4.69) is 17.6 Å². The summed E-state index contributed by atoms with van der Waals surface area (Å²) in [6.07, 6.45) is 3.90. The highest BCUT2D eigenvalue weighted by Gasteiger charge is 2.31. The summed E-state index contributed by atoms with van der Waals surface area (Å²) in [5, 5.41) is 6.34. The smallest absolute Gasteiger partial charge is 0.251 e. The van der Waals surface area contributed by atoms with Gasteiger partial charge in [-0.2, -0.15) is 4.31 Å². The van der Waals surface area contributed by atoms with Gasteiger partial charge in [-0.25, -0.2) is 8.42 Å². The highest BCUT2D eigenvalue weighted by Crippen LogP contribution is 2.25. The van der Waals surface area contributed by atoms with Gasteiger partial charge >= 0.3 is 0 Å². The molecule has 2 fully saturated rings. The molecule has 7 heteroatoms. The van der Waals surface area contributed by atoms with Gasteiger partial charge in [0.15, 0.2) is 0 Å². The van der Waals surface area contributed by atoms with E-state index >= 15 is 0 Å². The summed E-state index contributed by atoms with van der Waals surface area (Å²) in [6, 6.07) is 6.45. The lowest BCUT2D eigenvalue weighted by molar-refractivity contribution is 0.0915. The van der Waals surface area contributed by atoms with Gasteiger partial charge in [0.25, 0.3) is 5.91 Å². The molecule has 3 atom stereocenters. The molecule has 2 N–H and O–H groups in total. The summed E-state index contributed by atoms with van der Waals surface area (Å²) < 4.78 is 27.3. The van der Waals surface area contributed by atoms with E-state index in [1.165, 1.54) is 0 Å². The second kappa shape index (κ2) is 8.06. The van der Waals surface area contributed by atoms with Gasteiger partial charge in [-0.1, -0.05) is 13.3 Å². The van der Waals surface area contributed by atoms with Crippen molar-refractivity contribution in [3.05, 3.63) is 29.8 Å².